The van der Waals surface area contributed by atoms with Gasteiger partial charge in [-0.25, -0.2) is 0 Å². The lowest BCUT2D eigenvalue weighted by molar-refractivity contribution is 0.859. The topological polar surface area (TPSA) is 0 Å². The second kappa shape index (κ2) is 8.36. The van der Waals surface area contributed by atoms with E-state index in [1.807, 2.05) is 0 Å². The Bertz CT molecular complexity index is 607. The summed E-state index contributed by atoms with van der Waals surface area (Å²) in [6.07, 6.45) is 9.76. The van der Waals surface area contributed by atoms with Gasteiger partial charge in [0.1, 0.15) is 0 Å². The van der Waals surface area contributed by atoms with Gasteiger partial charge in [0.25, 0.3) is 0 Å². The molecule has 0 heterocycles. The van der Waals surface area contributed by atoms with Gasteiger partial charge in [-0.3, -0.25) is 0 Å². The van der Waals surface area contributed by atoms with Crippen LogP contribution < -0.4 is 0 Å². The Morgan fingerprint density at radius 3 is 1.86 bits per heavy atom. The van der Waals surface area contributed by atoms with E-state index < -0.39 is 0 Å². The van der Waals surface area contributed by atoms with Crippen LogP contribution in [0.4, 0.5) is 0 Å². The van der Waals surface area contributed by atoms with E-state index in [-0.39, 0.29) is 0 Å². The maximum Gasteiger partial charge on any atom is -0.0146 e. The predicted molar refractivity (Wildman–Crippen MR) is 99.9 cm³/mol. The van der Waals surface area contributed by atoms with Crippen LogP contribution in [0.2, 0.25) is 0 Å². The van der Waals surface area contributed by atoms with Crippen LogP contribution in [-0.4, -0.2) is 0 Å². The first kappa shape index (κ1) is 17.1. The molecule has 0 N–H and O–H groups in total. The summed E-state index contributed by atoms with van der Waals surface area (Å²) in [7, 11) is 0. The summed E-state index contributed by atoms with van der Waals surface area (Å²) in [6, 6.07) is 9.76. The second-order valence-corrected chi connectivity index (χ2v) is 6.55. The summed E-state index contributed by atoms with van der Waals surface area (Å²) in [4.78, 5) is 0. The Hall–Kier alpha value is -1.30. The van der Waals surface area contributed by atoms with Crippen molar-refractivity contribution < 1.29 is 0 Å². The second-order valence-electron chi connectivity index (χ2n) is 6.55. The molecule has 0 unspecified atom stereocenters. The zero-order valence-corrected chi connectivity index (χ0v) is 15.0. The first-order valence-electron chi connectivity index (χ1n) is 9.31. The maximum atomic E-state index is 2.52. The van der Waals surface area contributed by atoms with Crippen molar-refractivity contribution in [2.75, 3.05) is 0 Å². The highest BCUT2D eigenvalue weighted by Gasteiger charge is 2.11. The predicted octanol–water partition coefficient (Wildman–Crippen LogP) is 6.65. The fraction of sp³-hybridized carbons (Fsp3) is 0.545. The molecule has 0 saturated heterocycles. The molecule has 0 radical (unpaired) electrons. The van der Waals surface area contributed by atoms with E-state index >= 15 is 0 Å². The summed E-state index contributed by atoms with van der Waals surface area (Å²) in [5.74, 6) is 0. The zero-order valence-electron chi connectivity index (χ0n) is 15.0. The van der Waals surface area contributed by atoms with Crippen LogP contribution in [0, 0.1) is 0 Å². The molecule has 0 amide bonds. The van der Waals surface area contributed by atoms with Gasteiger partial charge in [0.15, 0.2) is 0 Å². The number of aryl methyl sites for hydroxylation is 4. The van der Waals surface area contributed by atoms with Crippen LogP contribution >= 0.6 is 0 Å². The molecule has 0 nitrogen and oxygen atoms in total. The molecule has 2 rings (SSSR count). The third-order valence-electron chi connectivity index (χ3n) is 4.57. The van der Waals surface area contributed by atoms with Crippen LogP contribution in [0.25, 0.3) is 10.8 Å². The van der Waals surface area contributed by atoms with E-state index in [0.29, 0.717) is 0 Å². The molecule has 0 aliphatic carbocycles. The molecular weight excluding hydrogens is 264 g/mol. The van der Waals surface area contributed by atoms with Gasteiger partial charge in [0.05, 0.1) is 0 Å². The molecule has 22 heavy (non-hydrogen) atoms. The van der Waals surface area contributed by atoms with Gasteiger partial charge in [0.2, 0.25) is 0 Å². The standard InChI is InChI=1S/C22H32/c1-5-9-17-13-14-21-20(12-8-4)18(10-6-2)16-19(11-7-3)22(21)15-17/h13-16H,5-12H2,1-4H3. The van der Waals surface area contributed by atoms with Crippen molar-refractivity contribution in [1.82, 2.24) is 0 Å². The molecule has 0 fully saturated rings. The Morgan fingerprint density at radius 1 is 0.591 bits per heavy atom. The molecule has 0 spiro atoms. The zero-order chi connectivity index (χ0) is 15.9. The lowest BCUT2D eigenvalue weighted by atomic mass is 9.88. The first-order chi connectivity index (χ1) is 10.7. The van der Waals surface area contributed by atoms with E-state index in [9.17, 15) is 0 Å². The number of hydrogen-bond donors (Lipinski definition) is 0. The summed E-state index contributed by atoms with van der Waals surface area (Å²) >= 11 is 0. The molecule has 0 aliphatic heterocycles. The number of benzene rings is 2. The monoisotopic (exact) mass is 296 g/mol. The summed E-state index contributed by atoms with van der Waals surface area (Å²) in [5, 5.41) is 3.05. The van der Waals surface area contributed by atoms with Crippen molar-refractivity contribution in [1.29, 1.82) is 0 Å². The van der Waals surface area contributed by atoms with Gasteiger partial charge in [-0.05, 0) is 58.7 Å². The molecule has 0 bridgehead atoms. The molecule has 0 saturated carbocycles. The van der Waals surface area contributed by atoms with E-state index in [2.05, 4.69) is 52.0 Å². The first-order valence-corrected chi connectivity index (χ1v) is 9.31. The SMILES string of the molecule is CCCc1ccc2c(CCC)c(CCC)cc(CCC)c2c1. The van der Waals surface area contributed by atoms with Crippen LogP contribution in [-0.2, 0) is 25.7 Å². The molecule has 2 aromatic carbocycles. The van der Waals surface area contributed by atoms with Crippen molar-refractivity contribution in [2.45, 2.75) is 79.1 Å². The van der Waals surface area contributed by atoms with Crippen LogP contribution in [0.5, 0.6) is 0 Å². The smallest absolute Gasteiger partial charge is 0.0146 e. The average molecular weight is 296 g/mol. The summed E-state index contributed by atoms with van der Waals surface area (Å²) < 4.78 is 0. The van der Waals surface area contributed by atoms with Crippen molar-refractivity contribution >= 4 is 10.8 Å². The molecule has 0 aliphatic rings. The Morgan fingerprint density at radius 2 is 1.23 bits per heavy atom. The fourth-order valence-electron chi connectivity index (χ4n) is 3.63. The molecule has 0 aromatic heterocycles. The highest BCUT2D eigenvalue weighted by molar-refractivity contribution is 5.90. The van der Waals surface area contributed by atoms with E-state index in [1.165, 1.54) is 67.7 Å². The number of rotatable bonds is 8. The van der Waals surface area contributed by atoms with Crippen molar-refractivity contribution in [3.8, 4) is 0 Å². The lowest BCUT2D eigenvalue weighted by Gasteiger charge is -2.17. The third kappa shape index (κ3) is 3.72. The minimum Gasteiger partial charge on any atom is -0.0651 e. The molecular formula is C22H32. The maximum absolute atomic E-state index is 2.52. The Labute approximate surface area is 136 Å². The molecule has 0 atom stereocenters. The normalized spacial score (nSPS) is 11.3. The average Bonchev–Trinajstić information content (AvgIpc) is 2.52. The minimum absolute atomic E-state index is 1.20. The van der Waals surface area contributed by atoms with Crippen molar-refractivity contribution in [2.24, 2.45) is 0 Å². The van der Waals surface area contributed by atoms with Crippen LogP contribution in [0.1, 0.15) is 75.6 Å². The van der Waals surface area contributed by atoms with Gasteiger partial charge in [-0.15, -0.1) is 0 Å². The fourth-order valence-corrected chi connectivity index (χ4v) is 3.63. The van der Waals surface area contributed by atoms with Gasteiger partial charge >= 0.3 is 0 Å². The third-order valence-corrected chi connectivity index (χ3v) is 4.57. The van der Waals surface area contributed by atoms with E-state index in [1.54, 1.807) is 16.7 Å². The van der Waals surface area contributed by atoms with Crippen LogP contribution in [0.15, 0.2) is 24.3 Å². The van der Waals surface area contributed by atoms with Crippen LogP contribution in [0.3, 0.4) is 0 Å². The highest BCUT2D eigenvalue weighted by Crippen LogP contribution is 2.30. The Balaban J connectivity index is 2.66. The molecule has 0 heteroatoms. The van der Waals surface area contributed by atoms with Crippen molar-refractivity contribution in [3.63, 3.8) is 0 Å². The van der Waals surface area contributed by atoms with Crippen molar-refractivity contribution in [3.05, 3.63) is 46.5 Å². The number of hydrogen-bond acceptors (Lipinski definition) is 0. The number of fused-ring (bicyclic) bond motifs is 1. The lowest BCUT2D eigenvalue weighted by Crippen LogP contribution is -2.00. The molecule has 120 valence electrons. The molecule has 2 aromatic rings. The summed E-state index contributed by atoms with van der Waals surface area (Å²) in [5.41, 5.74) is 6.28. The Kier molecular flexibility index (Phi) is 6.49. The quantitative estimate of drug-likeness (QED) is 0.511. The van der Waals surface area contributed by atoms with E-state index in [4.69, 9.17) is 0 Å². The van der Waals surface area contributed by atoms with E-state index in [0.717, 1.165) is 0 Å². The largest absolute Gasteiger partial charge is 0.0651 e. The van der Waals surface area contributed by atoms with Gasteiger partial charge < -0.3 is 0 Å². The van der Waals surface area contributed by atoms with Gasteiger partial charge in [0, 0.05) is 0 Å². The van der Waals surface area contributed by atoms with Gasteiger partial charge in [-0.2, -0.15) is 0 Å². The highest BCUT2D eigenvalue weighted by atomic mass is 14.2. The minimum atomic E-state index is 1.20. The van der Waals surface area contributed by atoms with Gasteiger partial charge in [-0.1, -0.05) is 77.6 Å². The summed E-state index contributed by atoms with van der Waals surface area (Å²) in [6.45, 7) is 9.15.